The van der Waals surface area contributed by atoms with Gasteiger partial charge in [0, 0.05) is 12.6 Å². The first kappa shape index (κ1) is 25.4. The molecule has 2 N–H and O–H groups in total. The van der Waals surface area contributed by atoms with Crippen LogP contribution in [0.15, 0.2) is 24.3 Å². The molecule has 0 saturated carbocycles. The summed E-state index contributed by atoms with van der Waals surface area (Å²) in [6.45, 7) is 4.00. The van der Waals surface area contributed by atoms with Gasteiger partial charge < -0.3 is 15.2 Å². The smallest absolute Gasteiger partial charge is 0.0721 e. The molecule has 0 aromatic heterocycles. The topological polar surface area (TPSA) is 41.5 Å². The van der Waals surface area contributed by atoms with E-state index in [1.807, 2.05) is 0 Å². The van der Waals surface area contributed by atoms with E-state index >= 15 is 0 Å². The lowest BCUT2D eigenvalue weighted by atomic mass is 10.0. The van der Waals surface area contributed by atoms with Crippen LogP contribution in [0.25, 0.3) is 0 Å². The number of rotatable bonds is 15. The number of aliphatic hydroxyl groups excluding tert-OH is 1. The van der Waals surface area contributed by atoms with E-state index in [1.54, 1.807) is 0 Å². The van der Waals surface area contributed by atoms with Gasteiger partial charge in [-0.25, -0.2) is 0 Å². The second-order valence-corrected chi connectivity index (χ2v) is 8.20. The van der Waals surface area contributed by atoms with E-state index in [4.69, 9.17) is 9.84 Å². The van der Waals surface area contributed by atoms with Gasteiger partial charge in [0.25, 0.3) is 0 Å². The molecule has 1 saturated heterocycles. The Labute approximate surface area is 179 Å². The van der Waals surface area contributed by atoms with E-state index in [0.29, 0.717) is 6.61 Å². The van der Waals surface area contributed by atoms with Gasteiger partial charge in [0.1, 0.15) is 0 Å². The van der Waals surface area contributed by atoms with E-state index < -0.39 is 0 Å². The van der Waals surface area contributed by atoms with Crippen molar-refractivity contribution in [2.24, 2.45) is 0 Å². The molecule has 1 heterocycles. The maximum absolute atomic E-state index is 9.15. The maximum atomic E-state index is 9.15. The molecule has 1 aromatic rings. The van der Waals surface area contributed by atoms with Gasteiger partial charge in [-0.15, -0.1) is 12.4 Å². The van der Waals surface area contributed by atoms with Crippen LogP contribution in [0.1, 0.15) is 88.7 Å². The average molecular weight is 412 g/mol. The average Bonchev–Trinajstić information content (AvgIpc) is 3.17. The Morgan fingerprint density at radius 1 is 0.893 bits per heavy atom. The molecular weight excluding hydrogens is 370 g/mol. The van der Waals surface area contributed by atoms with Gasteiger partial charge in [-0.3, -0.25) is 0 Å². The van der Waals surface area contributed by atoms with Gasteiger partial charge in [-0.1, -0.05) is 89.0 Å². The van der Waals surface area contributed by atoms with Crippen LogP contribution < -0.4 is 5.32 Å². The molecule has 0 amide bonds. The number of unbranched alkanes of at least 4 members (excludes halogenated alkanes) is 9. The number of aryl methyl sites for hydroxylation is 1. The van der Waals surface area contributed by atoms with Gasteiger partial charge in [0.2, 0.25) is 0 Å². The summed E-state index contributed by atoms with van der Waals surface area (Å²) < 4.78 is 5.95. The lowest BCUT2D eigenvalue weighted by molar-refractivity contribution is 0.0512. The molecule has 162 valence electrons. The highest BCUT2D eigenvalue weighted by atomic mass is 35.5. The molecule has 1 aromatic carbocycles. The number of nitrogens with one attached hydrogen (secondary N) is 1. The van der Waals surface area contributed by atoms with Crippen LogP contribution >= 0.6 is 12.4 Å². The summed E-state index contributed by atoms with van der Waals surface area (Å²) in [6, 6.07) is 9.14. The lowest BCUT2D eigenvalue weighted by Gasteiger charge is -2.11. The van der Waals surface area contributed by atoms with Crippen molar-refractivity contribution in [1.82, 2.24) is 5.32 Å². The molecule has 0 bridgehead atoms. The quantitative estimate of drug-likeness (QED) is 0.358. The predicted octanol–water partition coefficient (Wildman–Crippen LogP) is 5.81. The van der Waals surface area contributed by atoms with Crippen molar-refractivity contribution in [1.29, 1.82) is 0 Å². The fourth-order valence-corrected chi connectivity index (χ4v) is 3.88. The van der Waals surface area contributed by atoms with Crippen molar-refractivity contribution in [2.75, 3.05) is 13.2 Å². The van der Waals surface area contributed by atoms with Gasteiger partial charge in [0.05, 0.1) is 19.3 Å². The van der Waals surface area contributed by atoms with E-state index in [0.717, 1.165) is 13.0 Å². The minimum absolute atomic E-state index is 0. The van der Waals surface area contributed by atoms with Crippen LogP contribution in [0, 0.1) is 0 Å². The molecule has 1 aliphatic heterocycles. The standard InChI is InChI=1S/C24H41NO2.ClH/c1-2-3-4-5-6-7-8-9-10-11-12-21-13-15-22(16-14-21)20-27-24-17-23(19-26)25-18-24;/h13-16,23-26H,2-12,17-20H2,1H3;1H/t23-,24+;/m0./s1. The van der Waals surface area contributed by atoms with Crippen molar-refractivity contribution in [3.05, 3.63) is 35.4 Å². The molecule has 2 atom stereocenters. The minimum atomic E-state index is 0. The Morgan fingerprint density at radius 3 is 2.04 bits per heavy atom. The molecule has 1 fully saturated rings. The van der Waals surface area contributed by atoms with Crippen LogP contribution in [-0.4, -0.2) is 30.4 Å². The molecule has 2 rings (SSSR count). The SMILES string of the molecule is CCCCCCCCCCCCc1ccc(CO[C@H]2CN[C@H](CO)C2)cc1.Cl. The van der Waals surface area contributed by atoms with Crippen LogP contribution in [0.5, 0.6) is 0 Å². The Kier molecular flexibility index (Phi) is 14.7. The fourth-order valence-electron chi connectivity index (χ4n) is 3.88. The van der Waals surface area contributed by atoms with Crippen LogP contribution in [0.2, 0.25) is 0 Å². The first-order valence-corrected chi connectivity index (χ1v) is 11.4. The van der Waals surface area contributed by atoms with Crippen LogP contribution in [0.3, 0.4) is 0 Å². The molecule has 4 heteroatoms. The first-order chi connectivity index (χ1) is 13.3. The van der Waals surface area contributed by atoms with Crippen molar-refractivity contribution in [3.8, 4) is 0 Å². The van der Waals surface area contributed by atoms with Crippen LogP contribution in [-0.2, 0) is 17.8 Å². The highest BCUT2D eigenvalue weighted by Gasteiger charge is 2.23. The normalized spacial score (nSPS) is 18.9. The number of hydrogen-bond donors (Lipinski definition) is 2. The molecule has 0 radical (unpaired) electrons. The van der Waals surface area contributed by atoms with E-state index in [9.17, 15) is 0 Å². The molecule has 0 aliphatic carbocycles. The van der Waals surface area contributed by atoms with E-state index in [1.165, 1.54) is 81.8 Å². The lowest BCUT2D eigenvalue weighted by Crippen LogP contribution is -2.24. The van der Waals surface area contributed by atoms with Gasteiger partial charge in [-0.2, -0.15) is 0 Å². The zero-order valence-electron chi connectivity index (χ0n) is 17.8. The number of aliphatic hydroxyl groups is 1. The molecule has 0 spiro atoms. The summed E-state index contributed by atoms with van der Waals surface area (Å²) in [6.07, 6.45) is 16.3. The van der Waals surface area contributed by atoms with Crippen molar-refractivity contribution in [2.45, 2.75) is 103 Å². The van der Waals surface area contributed by atoms with Gasteiger partial charge >= 0.3 is 0 Å². The van der Waals surface area contributed by atoms with Crippen LogP contribution in [0.4, 0.5) is 0 Å². The van der Waals surface area contributed by atoms with Gasteiger partial charge in [-0.05, 0) is 30.4 Å². The third-order valence-corrected chi connectivity index (χ3v) is 5.73. The highest BCUT2D eigenvalue weighted by molar-refractivity contribution is 5.85. The number of ether oxygens (including phenoxy) is 1. The summed E-state index contributed by atoms with van der Waals surface area (Å²) in [5, 5.41) is 12.4. The van der Waals surface area contributed by atoms with E-state index in [-0.39, 0.29) is 31.2 Å². The Hall–Kier alpha value is -0.610. The first-order valence-electron chi connectivity index (χ1n) is 11.4. The second kappa shape index (κ2) is 16.2. The fraction of sp³-hybridized carbons (Fsp3) is 0.750. The minimum Gasteiger partial charge on any atom is -0.395 e. The van der Waals surface area contributed by atoms with Crippen molar-refractivity contribution >= 4 is 12.4 Å². The third kappa shape index (κ3) is 10.8. The number of benzene rings is 1. The summed E-state index contributed by atoms with van der Waals surface area (Å²) >= 11 is 0. The Bertz CT molecular complexity index is 480. The number of halogens is 1. The Balaban J connectivity index is 0.00000392. The summed E-state index contributed by atoms with van der Waals surface area (Å²) in [5.74, 6) is 0. The molecular formula is C24H42ClNO2. The zero-order chi connectivity index (χ0) is 19.2. The largest absolute Gasteiger partial charge is 0.395 e. The predicted molar refractivity (Wildman–Crippen MR) is 121 cm³/mol. The van der Waals surface area contributed by atoms with Crippen molar-refractivity contribution < 1.29 is 9.84 Å². The summed E-state index contributed by atoms with van der Waals surface area (Å²) in [7, 11) is 0. The second-order valence-electron chi connectivity index (χ2n) is 8.20. The molecule has 3 nitrogen and oxygen atoms in total. The monoisotopic (exact) mass is 411 g/mol. The molecule has 1 aliphatic rings. The summed E-state index contributed by atoms with van der Waals surface area (Å²) in [5.41, 5.74) is 2.69. The van der Waals surface area contributed by atoms with Crippen molar-refractivity contribution in [3.63, 3.8) is 0 Å². The highest BCUT2D eigenvalue weighted by Crippen LogP contribution is 2.15. The summed E-state index contributed by atoms with van der Waals surface area (Å²) in [4.78, 5) is 0. The maximum Gasteiger partial charge on any atom is 0.0721 e. The number of hydrogen-bond acceptors (Lipinski definition) is 3. The Morgan fingerprint density at radius 2 is 1.46 bits per heavy atom. The van der Waals surface area contributed by atoms with Gasteiger partial charge in [0.15, 0.2) is 0 Å². The molecule has 28 heavy (non-hydrogen) atoms. The third-order valence-electron chi connectivity index (χ3n) is 5.73. The molecule has 0 unspecified atom stereocenters. The zero-order valence-corrected chi connectivity index (χ0v) is 18.7. The van der Waals surface area contributed by atoms with E-state index in [2.05, 4.69) is 36.5 Å².